The van der Waals surface area contributed by atoms with Crippen LogP contribution < -0.4 is 9.47 Å². The number of nitro groups is 1. The smallest absolute Gasteiger partial charge is 0.431 e. The molecule has 0 saturated heterocycles. The highest BCUT2D eigenvalue weighted by atomic mass is 35.7. The number of benzene rings is 1. The molecule has 0 N–H and O–H groups in total. The first kappa shape index (κ1) is 18.2. The lowest BCUT2D eigenvalue weighted by molar-refractivity contribution is -0.389. The van der Waals surface area contributed by atoms with E-state index in [1.165, 1.54) is 0 Å². The summed E-state index contributed by atoms with van der Waals surface area (Å²) in [6.07, 6.45) is -5.48. The van der Waals surface area contributed by atoms with Gasteiger partial charge in [-0.3, -0.25) is 10.1 Å². The van der Waals surface area contributed by atoms with Crippen molar-refractivity contribution >= 4 is 25.4 Å². The third kappa shape index (κ3) is 4.84. The van der Waals surface area contributed by atoms with Gasteiger partial charge in [0.25, 0.3) is 9.05 Å². The lowest BCUT2D eigenvalue weighted by Crippen LogP contribution is -2.19. The molecule has 0 amide bonds. The molecule has 0 aromatic heterocycles. The largest absolute Gasteiger partial charge is 0.573 e. The molecule has 1 aromatic rings. The Bertz CT molecular complexity index is 691. The van der Waals surface area contributed by atoms with E-state index in [2.05, 4.69) is 9.47 Å². The van der Waals surface area contributed by atoms with Crippen LogP contribution in [-0.4, -0.2) is 26.3 Å². The molecule has 22 heavy (non-hydrogen) atoms. The second-order valence-corrected chi connectivity index (χ2v) is 5.96. The normalized spacial score (nSPS) is 12.3. The molecular formula is C8H3ClF5NO6S. The number of nitro benzene ring substituents is 1. The Labute approximate surface area is 122 Å². The predicted molar refractivity (Wildman–Crippen MR) is 59.5 cm³/mol. The molecule has 0 aliphatic carbocycles. The number of alkyl halides is 5. The van der Waals surface area contributed by atoms with E-state index in [4.69, 9.17) is 10.7 Å². The molecule has 0 aliphatic heterocycles. The molecule has 0 bridgehead atoms. The zero-order valence-corrected chi connectivity index (χ0v) is 11.4. The summed E-state index contributed by atoms with van der Waals surface area (Å²) < 4.78 is 90.0. The van der Waals surface area contributed by atoms with Gasteiger partial charge in [0.05, 0.1) is 9.82 Å². The molecule has 124 valence electrons. The van der Waals surface area contributed by atoms with Gasteiger partial charge in [-0.25, -0.2) is 8.42 Å². The summed E-state index contributed by atoms with van der Waals surface area (Å²) in [5.74, 6) is -3.25. The van der Waals surface area contributed by atoms with Crippen LogP contribution in [0.3, 0.4) is 0 Å². The summed E-state index contributed by atoms with van der Waals surface area (Å²) in [5.41, 5.74) is -1.57. The summed E-state index contributed by atoms with van der Waals surface area (Å²) >= 11 is 0. The lowest BCUT2D eigenvalue weighted by Gasteiger charge is -2.14. The van der Waals surface area contributed by atoms with Crippen molar-refractivity contribution in [2.75, 3.05) is 0 Å². The molecule has 0 unspecified atom stereocenters. The first-order valence-corrected chi connectivity index (χ1v) is 7.10. The van der Waals surface area contributed by atoms with Gasteiger partial charge in [-0.1, -0.05) is 0 Å². The summed E-state index contributed by atoms with van der Waals surface area (Å²) in [4.78, 5) is 8.10. The highest BCUT2D eigenvalue weighted by molar-refractivity contribution is 8.13. The van der Waals surface area contributed by atoms with Crippen LogP contribution in [0.2, 0.25) is 0 Å². The minimum Gasteiger partial charge on any atom is -0.431 e. The van der Waals surface area contributed by atoms with E-state index < -0.39 is 49.0 Å². The number of hydrogen-bond donors (Lipinski definition) is 0. The van der Waals surface area contributed by atoms with E-state index in [0.717, 1.165) is 0 Å². The highest BCUT2D eigenvalue weighted by Crippen LogP contribution is 2.43. The minimum atomic E-state index is -5.48. The molecule has 0 radical (unpaired) electrons. The van der Waals surface area contributed by atoms with Crippen molar-refractivity contribution < 1.29 is 44.8 Å². The van der Waals surface area contributed by atoms with Gasteiger partial charge in [0.15, 0.2) is 5.75 Å². The standard InChI is InChI=1S/C8H3ClF5NO6S/c9-22(18,19)3-1-4(15(16)17)6(21-8(12,13)14)5(2-3)20-7(10)11/h1-2,7H. The van der Waals surface area contributed by atoms with Crippen molar-refractivity contribution in [2.45, 2.75) is 17.9 Å². The van der Waals surface area contributed by atoms with Crippen molar-refractivity contribution in [3.05, 3.63) is 22.2 Å². The van der Waals surface area contributed by atoms with Gasteiger partial charge >= 0.3 is 18.7 Å². The highest BCUT2D eigenvalue weighted by Gasteiger charge is 2.38. The number of halogens is 6. The predicted octanol–water partition coefficient (Wildman–Crippen LogP) is 3.02. The van der Waals surface area contributed by atoms with Crippen LogP contribution in [-0.2, 0) is 9.05 Å². The first-order chi connectivity index (χ1) is 9.81. The quantitative estimate of drug-likeness (QED) is 0.342. The Kier molecular flexibility index (Phi) is 5.02. The van der Waals surface area contributed by atoms with Crippen LogP contribution in [0.4, 0.5) is 27.6 Å². The van der Waals surface area contributed by atoms with Gasteiger partial charge in [-0.05, 0) is 0 Å². The molecule has 1 aromatic carbocycles. The summed E-state index contributed by atoms with van der Waals surface area (Å²) in [6.45, 7) is -3.71. The topological polar surface area (TPSA) is 95.7 Å². The van der Waals surface area contributed by atoms with Crippen LogP contribution >= 0.6 is 10.7 Å². The Hall–Kier alpha value is -1.89. The maximum absolute atomic E-state index is 12.2. The van der Waals surface area contributed by atoms with Crippen molar-refractivity contribution in [3.63, 3.8) is 0 Å². The molecule has 7 nitrogen and oxygen atoms in total. The third-order valence-corrected chi connectivity index (χ3v) is 3.25. The lowest BCUT2D eigenvalue weighted by atomic mass is 10.2. The van der Waals surface area contributed by atoms with Crippen molar-refractivity contribution in [3.8, 4) is 11.5 Å². The molecule has 0 spiro atoms. The van der Waals surface area contributed by atoms with Crippen LogP contribution in [0.1, 0.15) is 0 Å². The van der Waals surface area contributed by atoms with Crippen LogP contribution in [0.25, 0.3) is 0 Å². The SMILES string of the molecule is O=[N+]([O-])c1cc(S(=O)(=O)Cl)cc(OC(F)F)c1OC(F)(F)F. The second-order valence-electron chi connectivity index (χ2n) is 3.39. The molecule has 14 heteroatoms. The van der Waals surface area contributed by atoms with E-state index in [1.807, 2.05) is 0 Å². The van der Waals surface area contributed by atoms with Gasteiger partial charge in [0, 0.05) is 22.8 Å². The van der Waals surface area contributed by atoms with Crippen LogP contribution in [0.15, 0.2) is 17.0 Å². The van der Waals surface area contributed by atoms with Crippen molar-refractivity contribution in [1.82, 2.24) is 0 Å². The maximum Gasteiger partial charge on any atom is 0.573 e. The number of nitrogens with zero attached hydrogens (tertiary/aromatic N) is 1. The molecule has 0 saturated carbocycles. The first-order valence-electron chi connectivity index (χ1n) is 4.79. The molecule has 0 aliphatic rings. The van der Waals surface area contributed by atoms with Crippen LogP contribution in [0.5, 0.6) is 11.5 Å². The molecule has 0 fully saturated rings. The Morgan fingerprint density at radius 1 is 1.27 bits per heavy atom. The summed E-state index contributed by atoms with van der Waals surface area (Å²) in [6, 6.07) is 0.254. The average molecular weight is 372 g/mol. The van der Waals surface area contributed by atoms with Crippen molar-refractivity contribution in [2.24, 2.45) is 0 Å². The number of rotatable bonds is 5. The minimum absolute atomic E-state index is 0.113. The zero-order chi connectivity index (χ0) is 17.3. The fourth-order valence-corrected chi connectivity index (χ4v) is 2.01. The van der Waals surface area contributed by atoms with E-state index in [9.17, 15) is 40.5 Å². The van der Waals surface area contributed by atoms with Gasteiger partial charge in [0.2, 0.25) is 5.75 Å². The van der Waals surface area contributed by atoms with Gasteiger partial charge in [-0.15, -0.1) is 13.2 Å². The van der Waals surface area contributed by atoms with Gasteiger partial charge in [-0.2, -0.15) is 8.78 Å². The molecule has 0 atom stereocenters. The fourth-order valence-electron chi connectivity index (χ4n) is 1.24. The average Bonchev–Trinajstić information content (AvgIpc) is 2.26. The molecule has 1 rings (SSSR count). The Morgan fingerprint density at radius 3 is 2.18 bits per heavy atom. The van der Waals surface area contributed by atoms with E-state index in [0.29, 0.717) is 0 Å². The van der Waals surface area contributed by atoms with E-state index in [-0.39, 0.29) is 12.1 Å². The number of ether oxygens (including phenoxy) is 2. The Balaban J connectivity index is 3.66. The van der Waals surface area contributed by atoms with E-state index >= 15 is 0 Å². The van der Waals surface area contributed by atoms with E-state index in [1.54, 1.807) is 0 Å². The molecule has 0 heterocycles. The number of hydrogen-bond acceptors (Lipinski definition) is 6. The maximum atomic E-state index is 12.2. The van der Waals surface area contributed by atoms with Gasteiger partial charge in [0.1, 0.15) is 0 Å². The molecular weight excluding hydrogens is 369 g/mol. The summed E-state index contributed by atoms with van der Waals surface area (Å²) in [7, 11) is 0.201. The Morgan fingerprint density at radius 2 is 1.82 bits per heavy atom. The second kappa shape index (κ2) is 6.08. The van der Waals surface area contributed by atoms with Gasteiger partial charge < -0.3 is 9.47 Å². The monoisotopic (exact) mass is 371 g/mol. The summed E-state index contributed by atoms with van der Waals surface area (Å²) in [5, 5.41) is 10.7. The zero-order valence-electron chi connectivity index (χ0n) is 9.80. The third-order valence-electron chi connectivity index (χ3n) is 1.92. The fraction of sp³-hybridized carbons (Fsp3) is 0.250. The van der Waals surface area contributed by atoms with Crippen molar-refractivity contribution in [1.29, 1.82) is 0 Å². The van der Waals surface area contributed by atoms with Crippen LogP contribution in [0, 0.1) is 10.1 Å².